The summed E-state index contributed by atoms with van der Waals surface area (Å²) in [5.74, 6) is 0.571. The molecule has 0 fully saturated rings. The first-order chi connectivity index (χ1) is 14.5. The van der Waals surface area contributed by atoms with Gasteiger partial charge in [0.1, 0.15) is 16.6 Å². The molecule has 4 rings (SSSR count). The van der Waals surface area contributed by atoms with Crippen molar-refractivity contribution in [2.45, 2.75) is 6.92 Å². The van der Waals surface area contributed by atoms with Crippen LogP contribution in [0.15, 0.2) is 52.9 Å². The number of hydrogen-bond acceptors (Lipinski definition) is 8. The van der Waals surface area contributed by atoms with E-state index in [1.165, 1.54) is 11.3 Å². The second-order valence-corrected chi connectivity index (χ2v) is 7.71. The summed E-state index contributed by atoms with van der Waals surface area (Å²) in [6.45, 7) is 5.92. The summed E-state index contributed by atoms with van der Waals surface area (Å²) >= 11 is 1.38. The number of thiophene rings is 1. The normalized spacial score (nSPS) is 10.6. The van der Waals surface area contributed by atoms with Crippen LogP contribution >= 0.6 is 11.3 Å². The first-order valence-electron chi connectivity index (χ1n) is 9.10. The van der Waals surface area contributed by atoms with E-state index < -0.39 is 0 Å². The number of aryl methyl sites for hydroxylation is 1. The maximum atomic E-state index is 9.22. The minimum absolute atomic E-state index is 0.270. The van der Waals surface area contributed by atoms with E-state index in [1.807, 2.05) is 55.6 Å². The summed E-state index contributed by atoms with van der Waals surface area (Å²) in [6, 6.07) is 11.8. The Hall–Kier alpha value is -3.83. The van der Waals surface area contributed by atoms with Crippen molar-refractivity contribution in [3.05, 3.63) is 65.3 Å². The van der Waals surface area contributed by atoms with Crippen LogP contribution in [-0.4, -0.2) is 39.2 Å². The van der Waals surface area contributed by atoms with E-state index in [-0.39, 0.29) is 5.89 Å². The molecule has 0 bridgehead atoms. The number of rotatable bonds is 5. The van der Waals surface area contributed by atoms with Crippen molar-refractivity contribution < 1.29 is 4.42 Å². The number of nitrogens with zero attached hydrogens (tertiary/aromatic N) is 6. The lowest BCUT2D eigenvalue weighted by Crippen LogP contribution is -2.08. The highest BCUT2D eigenvalue weighted by Crippen LogP contribution is 2.31. The van der Waals surface area contributed by atoms with Gasteiger partial charge < -0.3 is 9.32 Å². The topological polar surface area (TPSA) is 91.7 Å². The first kappa shape index (κ1) is 19.5. The molecule has 0 N–H and O–H groups in total. The summed E-state index contributed by atoms with van der Waals surface area (Å²) < 4.78 is 5.82. The summed E-state index contributed by atoms with van der Waals surface area (Å²) in [4.78, 5) is 11.8. The van der Waals surface area contributed by atoms with E-state index in [0.29, 0.717) is 33.4 Å². The van der Waals surface area contributed by atoms with Crippen LogP contribution in [0.5, 0.6) is 0 Å². The standard InChI is InChI=1S/C22H18N6OS/c1-13-19(21-26-27-22(29-21)20-17(11-23)9-10-30-20)25-18(12-24-13)16-7-5-15(6-8-16)14(2)28(3)4/h5-10,12H,2H2,1,3-4H3. The Morgan fingerprint density at radius 3 is 2.57 bits per heavy atom. The average Bonchev–Trinajstić information content (AvgIpc) is 3.42. The quantitative estimate of drug-likeness (QED) is 0.470. The molecule has 148 valence electrons. The van der Waals surface area contributed by atoms with E-state index >= 15 is 0 Å². The largest absolute Gasteiger partial charge is 0.414 e. The zero-order valence-electron chi connectivity index (χ0n) is 16.7. The molecule has 0 amide bonds. The SMILES string of the molecule is C=C(c1ccc(-c2cnc(C)c(-c3nnc(-c4sccc4C#N)o3)n2)cc1)N(C)C. The van der Waals surface area contributed by atoms with Gasteiger partial charge >= 0.3 is 0 Å². The molecule has 0 aliphatic carbocycles. The minimum atomic E-state index is 0.270. The highest BCUT2D eigenvalue weighted by molar-refractivity contribution is 7.13. The Balaban J connectivity index is 1.68. The maximum absolute atomic E-state index is 9.22. The molecule has 0 saturated heterocycles. The zero-order chi connectivity index (χ0) is 21.3. The summed E-state index contributed by atoms with van der Waals surface area (Å²) in [5, 5.41) is 19.3. The van der Waals surface area contributed by atoms with Gasteiger partial charge in [0, 0.05) is 25.4 Å². The Morgan fingerprint density at radius 2 is 1.87 bits per heavy atom. The zero-order valence-corrected chi connectivity index (χ0v) is 17.6. The van der Waals surface area contributed by atoms with Gasteiger partial charge in [0.05, 0.1) is 23.1 Å². The maximum Gasteiger partial charge on any atom is 0.268 e. The van der Waals surface area contributed by atoms with Crippen LogP contribution < -0.4 is 0 Å². The fourth-order valence-corrected chi connectivity index (χ4v) is 3.62. The van der Waals surface area contributed by atoms with Gasteiger partial charge in [-0.25, -0.2) is 4.98 Å². The number of hydrogen-bond donors (Lipinski definition) is 0. The summed E-state index contributed by atoms with van der Waals surface area (Å²) in [7, 11) is 3.92. The van der Waals surface area contributed by atoms with Crippen LogP contribution in [0, 0.1) is 18.3 Å². The van der Waals surface area contributed by atoms with Gasteiger partial charge in [0.15, 0.2) is 0 Å². The van der Waals surface area contributed by atoms with Crippen LogP contribution in [0.4, 0.5) is 0 Å². The smallest absolute Gasteiger partial charge is 0.268 e. The van der Waals surface area contributed by atoms with E-state index in [1.54, 1.807) is 12.3 Å². The summed E-state index contributed by atoms with van der Waals surface area (Å²) in [6.07, 6.45) is 1.72. The monoisotopic (exact) mass is 414 g/mol. The molecule has 30 heavy (non-hydrogen) atoms. The van der Waals surface area contributed by atoms with Crippen LogP contribution in [0.2, 0.25) is 0 Å². The Labute approximate surface area is 178 Å². The fourth-order valence-electron chi connectivity index (χ4n) is 2.86. The van der Waals surface area contributed by atoms with Crippen molar-refractivity contribution in [1.82, 2.24) is 25.1 Å². The number of aromatic nitrogens is 4. The summed E-state index contributed by atoms with van der Waals surface area (Å²) in [5.41, 5.74) is 5.29. The van der Waals surface area contributed by atoms with Crippen LogP contribution in [0.25, 0.3) is 39.3 Å². The molecular weight excluding hydrogens is 396 g/mol. The third kappa shape index (κ3) is 3.58. The van der Waals surface area contributed by atoms with Crippen LogP contribution in [0.1, 0.15) is 16.8 Å². The number of nitriles is 1. The number of benzene rings is 1. The third-order valence-electron chi connectivity index (χ3n) is 4.62. The van der Waals surface area contributed by atoms with Gasteiger partial charge in [-0.3, -0.25) is 4.98 Å². The predicted octanol–water partition coefficient (Wildman–Crippen LogP) is 4.63. The van der Waals surface area contributed by atoms with Gasteiger partial charge in [0.2, 0.25) is 0 Å². The van der Waals surface area contributed by atoms with Gasteiger partial charge in [-0.15, -0.1) is 21.5 Å². The Bertz CT molecular complexity index is 1260. The lowest BCUT2D eigenvalue weighted by Gasteiger charge is -2.16. The fraction of sp³-hybridized carbons (Fsp3) is 0.136. The highest BCUT2D eigenvalue weighted by Gasteiger charge is 2.18. The van der Waals surface area contributed by atoms with Crippen molar-refractivity contribution in [1.29, 1.82) is 5.26 Å². The van der Waals surface area contributed by atoms with Crippen molar-refractivity contribution in [2.24, 2.45) is 0 Å². The molecule has 8 heteroatoms. The van der Waals surface area contributed by atoms with Crippen molar-refractivity contribution in [3.8, 4) is 39.7 Å². The molecule has 7 nitrogen and oxygen atoms in total. The van der Waals surface area contributed by atoms with E-state index in [2.05, 4.69) is 27.8 Å². The lowest BCUT2D eigenvalue weighted by atomic mass is 10.1. The minimum Gasteiger partial charge on any atom is -0.414 e. The second-order valence-electron chi connectivity index (χ2n) is 6.80. The Morgan fingerprint density at radius 1 is 1.13 bits per heavy atom. The molecule has 0 aliphatic rings. The van der Waals surface area contributed by atoms with E-state index in [0.717, 1.165) is 16.8 Å². The molecule has 3 aromatic heterocycles. The molecule has 0 spiro atoms. The third-order valence-corrected chi connectivity index (χ3v) is 5.52. The van der Waals surface area contributed by atoms with Crippen molar-refractivity contribution >= 4 is 17.0 Å². The van der Waals surface area contributed by atoms with Gasteiger partial charge in [-0.05, 0) is 23.9 Å². The predicted molar refractivity (Wildman–Crippen MR) is 116 cm³/mol. The first-order valence-corrected chi connectivity index (χ1v) is 9.98. The van der Waals surface area contributed by atoms with Crippen molar-refractivity contribution in [2.75, 3.05) is 14.1 Å². The van der Waals surface area contributed by atoms with Crippen LogP contribution in [-0.2, 0) is 0 Å². The highest BCUT2D eigenvalue weighted by atomic mass is 32.1. The molecule has 4 aromatic rings. The van der Waals surface area contributed by atoms with Crippen molar-refractivity contribution in [3.63, 3.8) is 0 Å². The lowest BCUT2D eigenvalue weighted by molar-refractivity contribution is 0.582. The van der Waals surface area contributed by atoms with E-state index in [4.69, 9.17) is 9.40 Å². The molecule has 1 aromatic carbocycles. The molecule has 0 saturated carbocycles. The van der Waals surface area contributed by atoms with Crippen LogP contribution in [0.3, 0.4) is 0 Å². The van der Waals surface area contributed by atoms with Gasteiger partial charge in [0.25, 0.3) is 11.8 Å². The molecule has 0 atom stereocenters. The Kier molecular flexibility index (Phi) is 5.12. The molecule has 3 heterocycles. The van der Waals surface area contributed by atoms with Gasteiger partial charge in [-0.2, -0.15) is 5.26 Å². The average molecular weight is 414 g/mol. The second kappa shape index (κ2) is 7.89. The van der Waals surface area contributed by atoms with Gasteiger partial charge in [-0.1, -0.05) is 30.8 Å². The molecular formula is C22H18N6OS. The molecule has 0 unspecified atom stereocenters. The molecule has 0 radical (unpaired) electrons. The van der Waals surface area contributed by atoms with E-state index in [9.17, 15) is 5.26 Å². The molecule has 0 aliphatic heterocycles.